The predicted octanol–water partition coefficient (Wildman–Crippen LogP) is 4.02. The van der Waals surface area contributed by atoms with Crippen molar-refractivity contribution in [2.75, 3.05) is 18.1 Å². The van der Waals surface area contributed by atoms with Crippen LogP contribution in [-0.2, 0) is 18.9 Å². The zero-order valence-electron chi connectivity index (χ0n) is 17.3. The van der Waals surface area contributed by atoms with Crippen molar-refractivity contribution in [2.24, 2.45) is 5.92 Å². The fourth-order valence-corrected chi connectivity index (χ4v) is 7.47. The summed E-state index contributed by atoms with van der Waals surface area (Å²) in [6, 6.07) is 0. The largest absolute Gasteiger partial charge is 0.390 e. The normalized spacial score (nSPS) is 36.0. The van der Waals surface area contributed by atoms with E-state index in [0.717, 1.165) is 19.3 Å². The summed E-state index contributed by atoms with van der Waals surface area (Å²) in [5.74, 6) is 1.21. The van der Waals surface area contributed by atoms with Crippen molar-refractivity contribution in [3.63, 3.8) is 0 Å². The Morgan fingerprint density at radius 2 is 1.74 bits per heavy atom. The van der Waals surface area contributed by atoms with E-state index < -0.39 is 23.8 Å². The molecule has 27 heavy (non-hydrogen) atoms. The Morgan fingerprint density at radius 3 is 2.33 bits per heavy atom. The Balaban J connectivity index is 1.76. The highest BCUT2D eigenvalue weighted by Gasteiger charge is 2.53. The van der Waals surface area contributed by atoms with Crippen molar-refractivity contribution in [1.82, 2.24) is 0 Å². The van der Waals surface area contributed by atoms with Crippen LogP contribution in [0.15, 0.2) is 0 Å². The van der Waals surface area contributed by atoms with E-state index in [1.807, 2.05) is 51.2 Å². The molecule has 7 heteroatoms. The molecule has 3 aliphatic heterocycles. The SMILES string of the molecule is CCCC[C@H](C1SCCCS1)[C@@H](O)[C@H]1OC(C)(C)O[C@@H]1[C@H]1COC(C)(C)O1. The average molecular weight is 421 g/mol. The molecule has 0 spiro atoms. The summed E-state index contributed by atoms with van der Waals surface area (Å²) in [6.45, 7) is 10.3. The monoisotopic (exact) mass is 420 g/mol. The molecule has 3 saturated heterocycles. The van der Waals surface area contributed by atoms with Crippen LogP contribution in [0.25, 0.3) is 0 Å². The first-order valence-electron chi connectivity index (χ1n) is 10.3. The lowest BCUT2D eigenvalue weighted by Crippen LogP contribution is -2.48. The second kappa shape index (κ2) is 9.11. The van der Waals surface area contributed by atoms with Crippen molar-refractivity contribution < 1.29 is 24.1 Å². The lowest BCUT2D eigenvalue weighted by atomic mass is 9.90. The molecule has 5 atom stereocenters. The van der Waals surface area contributed by atoms with Crippen LogP contribution in [-0.4, -0.2) is 63.8 Å². The molecule has 5 nitrogen and oxygen atoms in total. The topological polar surface area (TPSA) is 57.2 Å². The summed E-state index contributed by atoms with van der Waals surface area (Å²) in [6.07, 6.45) is 3.02. The van der Waals surface area contributed by atoms with Crippen LogP contribution >= 0.6 is 23.5 Å². The molecule has 3 rings (SSSR count). The van der Waals surface area contributed by atoms with Gasteiger partial charge in [-0.1, -0.05) is 19.8 Å². The summed E-state index contributed by atoms with van der Waals surface area (Å²) < 4.78 is 24.7. The second-order valence-corrected chi connectivity index (χ2v) is 11.5. The van der Waals surface area contributed by atoms with Crippen LogP contribution in [0.2, 0.25) is 0 Å². The van der Waals surface area contributed by atoms with Crippen LogP contribution in [0.3, 0.4) is 0 Å². The van der Waals surface area contributed by atoms with Gasteiger partial charge in [0.15, 0.2) is 11.6 Å². The van der Waals surface area contributed by atoms with E-state index in [9.17, 15) is 5.11 Å². The van der Waals surface area contributed by atoms with Crippen molar-refractivity contribution in [3.8, 4) is 0 Å². The van der Waals surface area contributed by atoms with Crippen LogP contribution in [0.1, 0.15) is 60.3 Å². The van der Waals surface area contributed by atoms with E-state index in [1.165, 1.54) is 17.9 Å². The quantitative estimate of drug-likeness (QED) is 0.667. The summed E-state index contributed by atoms with van der Waals surface area (Å²) in [5.41, 5.74) is 0. The third-order valence-corrected chi connectivity index (χ3v) is 8.65. The lowest BCUT2D eigenvalue weighted by molar-refractivity contribution is -0.175. The maximum absolute atomic E-state index is 11.5. The van der Waals surface area contributed by atoms with Gasteiger partial charge in [-0.15, -0.1) is 23.5 Å². The number of ether oxygens (including phenoxy) is 4. The number of hydrogen-bond donors (Lipinski definition) is 1. The van der Waals surface area contributed by atoms with E-state index in [4.69, 9.17) is 18.9 Å². The maximum atomic E-state index is 11.5. The zero-order chi connectivity index (χ0) is 19.7. The molecule has 0 aliphatic carbocycles. The smallest absolute Gasteiger partial charge is 0.164 e. The van der Waals surface area contributed by atoms with E-state index >= 15 is 0 Å². The number of thioether (sulfide) groups is 2. The van der Waals surface area contributed by atoms with Gasteiger partial charge < -0.3 is 24.1 Å². The van der Waals surface area contributed by atoms with Gasteiger partial charge in [-0.25, -0.2) is 0 Å². The van der Waals surface area contributed by atoms with Gasteiger partial charge in [0.1, 0.15) is 18.3 Å². The highest BCUT2D eigenvalue weighted by atomic mass is 32.2. The molecule has 3 aliphatic rings. The van der Waals surface area contributed by atoms with Crippen molar-refractivity contribution >= 4 is 23.5 Å². The fourth-order valence-electron chi connectivity index (χ4n) is 4.15. The van der Waals surface area contributed by atoms with Crippen LogP contribution in [0.4, 0.5) is 0 Å². The highest BCUT2D eigenvalue weighted by Crippen LogP contribution is 2.44. The standard InChI is InChI=1S/C20H36O5S2/c1-6-7-9-13(18-26-10-8-11-27-18)15(21)17-16(24-20(4,5)25-17)14-12-22-19(2,3)23-14/h13-18,21H,6-12H2,1-5H3/t13-,14+,15+,16+,17+/m0/s1. The van der Waals surface area contributed by atoms with E-state index in [0.29, 0.717) is 11.2 Å². The first kappa shape index (κ1) is 22.2. The van der Waals surface area contributed by atoms with Crippen LogP contribution < -0.4 is 0 Å². The highest BCUT2D eigenvalue weighted by molar-refractivity contribution is 8.17. The number of hydrogen-bond acceptors (Lipinski definition) is 7. The molecule has 158 valence electrons. The molecular formula is C20H36O5S2. The minimum Gasteiger partial charge on any atom is -0.390 e. The number of aliphatic hydroxyl groups excluding tert-OH is 1. The number of aliphatic hydroxyl groups is 1. The third-order valence-electron chi connectivity index (χ3n) is 5.43. The summed E-state index contributed by atoms with van der Waals surface area (Å²) in [7, 11) is 0. The van der Waals surface area contributed by atoms with Crippen molar-refractivity contribution in [3.05, 3.63) is 0 Å². The van der Waals surface area contributed by atoms with E-state index in [1.54, 1.807) is 0 Å². The second-order valence-electron chi connectivity index (χ2n) is 8.69. The Morgan fingerprint density at radius 1 is 1.04 bits per heavy atom. The predicted molar refractivity (Wildman–Crippen MR) is 111 cm³/mol. The molecule has 0 unspecified atom stereocenters. The van der Waals surface area contributed by atoms with Gasteiger partial charge >= 0.3 is 0 Å². The van der Waals surface area contributed by atoms with Crippen LogP contribution in [0, 0.1) is 5.92 Å². The van der Waals surface area contributed by atoms with Gasteiger partial charge in [-0.3, -0.25) is 0 Å². The first-order chi connectivity index (χ1) is 12.7. The minimum absolute atomic E-state index is 0.195. The van der Waals surface area contributed by atoms with Crippen molar-refractivity contribution in [2.45, 2.75) is 101 Å². The molecule has 0 amide bonds. The Kier molecular flexibility index (Phi) is 7.48. The van der Waals surface area contributed by atoms with Gasteiger partial charge in [0.05, 0.1) is 17.3 Å². The number of unbranched alkanes of at least 4 members (excludes halogenated alkanes) is 1. The lowest BCUT2D eigenvalue weighted by Gasteiger charge is -2.36. The van der Waals surface area contributed by atoms with Crippen LogP contribution in [0.5, 0.6) is 0 Å². The molecule has 0 aromatic rings. The molecule has 0 aromatic carbocycles. The summed E-state index contributed by atoms with van der Waals surface area (Å²) in [5, 5.41) is 11.5. The third kappa shape index (κ3) is 5.56. The molecule has 3 fully saturated rings. The molecule has 0 aromatic heterocycles. The molecule has 0 saturated carbocycles. The maximum Gasteiger partial charge on any atom is 0.164 e. The number of rotatable bonds is 7. The van der Waals surface area contributed by atoms with Gasteiger partial charge in [0.25, 0.3) is 0 Å². The Bertz CT molecular complexity index is 481. The molecule has 0 radical (unpaired) electrons. The average Bonchev–Trinajstić information content (AvgIpc) is 3.14. The Hall–Kier alpha value is 0.500. The van der Waals surface area contributed by atoms with Gasteiger partial charge in [0.2, 0.25) is 0 Å². The molecule has 1 N–H and O–H groups in total. The zero-order valence-corrected chi connectivity index (χ0v) is 18.9. The van der Waals surface area contributed by atoms with Gasteiger partial charge in [-0.05, 0) is 52.0 Å². The molecule has 0 bridgehead atoms. The van der Waals surface area contributed by atoms with Gasteiger partial charge in [-0.2, -0.15) is 0 Å². The van der Waals surface area contributed by atoms with Crippen molar-refractivity contribution in [1.29, 1.82) is 0 Å². The Labute approximate surface area is 172 Å². The first-order valence-corrected chi connectivity index (χ1v) is 12.4. The molecular weight excluding hydrogens is 384 g/mol. The van der Waals surface area contributed by atoms with Gasteiger partial charge in [0, 0.05) is 5.92 Å². The summed E-state index contributed by atoms with van der Waals surface area (Å²) in [4.78, 5) is 0. The molecule has 3 heterocycles. The van der Waals surface area contributed by atoms with E-state index in [2.05, 4.69) is 6.92 Å². The van der Waals surface area contributed by atoms with E-state index in [-0.39, 0.29) is 18.1 Å². The minimum atomic E-state index is -0.728. The summed E-state index contributed by atoms with van der Waals surface area (Å²) >= 11 is 3.99. The fraction of sp³-hybridized carbons (Fsp3) is 1.00.